The lowest BCUT2D eigenvalue weighted by Crippen LogP contribution is -2.26. The molecule has 0 bridgehead atoms. The molecule has 0 saturated heterocycles. The van der Waals surface area contributed by atoms with Gasteiger partial charge in [-0.2, -0.15) is 0 Å². The highest BCUT2D eigenvalue weighted by molar-refractivity contribution is 5.94. The minimum absolute atomic E-state index is 0.0539. The lowest BCUT2D eigenvalue weighted by Gasteiger charge is -2.19. The number of nitrogens with one attached hydrogen (secondary N) is 1. The summed E-state index contributed by atoms with van der Waals surface area (Å²) in [6.45, 7) is 6.47. The van der Waals surface area contributed by atoms with Gasteiger partial charge in [0.15, 0.2) is 0 Å². The predicted molar refractivity (Wildman–Crippen MR) is 69.7 cm³/mol. The van der Waals surface area contributed by atoms with E-state index in [-0.39, 0.29) is 24.3 Å². The summed E-state index contributed by atoms with van der Waals surface area (Å²) in [5.41, 5.74) is 1.76. The third-order valence-electron chi connectivity index (χ3n) is 2.64. The number of aliphatic carboxylic acids is 1. The fraction of sp³-hybridized carbons (Fsp3) is 0.429. The topological polar surface area (TPSA) is 66.4 Å². The van der Waals surface area contributed by atoms with E-state index in [1.165, 1.54) is 0 Å². The molecule has 0 aromatic heterocycles. The fourth-order valence-corrected chi connectivity index (χ4v) is 1.51. The Bertz CT molecular complexity index is 429. The first kappa shape index (κ1) is 14.2. The Balaban J connectivity index is 2.62. The van der Waals surface area contributed by atoms with Crippen LogP contribution in [0.4, 0.5) is 0 Å². The van der Waals surface area contributed by atoms with E-state index in [0.717, 1.165) is 5.56 Å². The van der Waals surface area contributed by atoms with Crippen LogP contribution in [0.5, 0.6) is 0 Å². The molecule has 98 valence electrons. The van der Waals surface area contributed by atoms with Crippen LogP contribution < -0.4 is 5.32 Å². The van der Waals surface area contributed by atoms with E-state index in [1.54, 1.807) is 12.1 Å². The molecule has 0 radical (unpaired) electrons. The van der Waals surface area contributed by atoms with Crippen LogP contribution in [0.25, 0.3) is 0 Å². The Morgan fingerprint density at radius 3 is 2.17 bits per heavy atom. The molecular weight excluding hydrogens is 230 g/mol. The van der Waals surface area contributed by atoms with E-state index in [4.69, 9.17) is 5.11 Å². The molecule has 0 heterocycles. The van der Waals surface area contributed by atoms with E-state index < -0.39 is 5.97 Å². The monoisotopic (exact) mass is 249 g/mol. The number of rotatable bonds is 4. The van der Waals surface area contributed by atoms with Crippen molar-refractivity contribution in [2.24, 2.45) is 0 Å². The number of carboxylic acid groups (broad SMARTS) is 1. The SMILES string of the molecule is CC(C)(C)c1ccc(C(=O)NCCC(=O)O)cc1. The molecule has 4 nitrogen and oxygen atoms in total. The van der Waals surface area contributed by atoms with Gasteiger partial charge in [-0.3, -0.25) is 9.59 Å². The molecule has 1 rings (SSSR count). The zero-order valence-corrected chi connectivity index (χ0v) is 11.0. The first-order valence-corrected chi connectivity index (χ1v) is 5.91. The molecule has 0 unspecified atom stereocenters. The lowest BCUT2D eigenvalue weighted by atomic mass is 9.87. The van der Waals surface area contributed by atoms with Crippen LogP contribution in [0, 0.1) is 0 Å². The maximum Gasteiger partial charge on any atom is 0.305 e. The van der Waals surface area contributed by atoms with Gasteiger partial charge in [-0.25, -0.2) is 0 Å². The highest BCUT2D eigenvalue weighted by atomic mass is 16.4. The highest BCUT2D eigenvalue weighted by Crippen LogP contribution is 2.22. The minimum atomic E-state index is -0.918. The molecule has 0 fully saturated rings. The second-order valence-electron chi connectivity index (χ2n) is 5.23. The van der Waals surface area contributed by atoms with Crippen LogP contribution in [-0.2, 0) is 10.2 Å². The molecule has 4 heteroatoms. The average molecular weight is 249 g/mol. The molecule has 1 aromatic rings. The van der Waals surface area contributed by atoms with Crippen molar-refractivity contribution in [2.45, 2.75) is 32.6 Å². The molecule has 0 spiro atoms. The van der Waals surface area contributed by atoms with Crippen LogP contribution in [0.15, 0.2) is 24.3 Å². The standard InChI is InChI=1S/C14H19NO3/c1-14(2,3)11-6-4-10(5-7-11)13(18)15-9-8-12(16)17/h4-7H,8-9H2,1-3H3,(H,15,18)(H,16,17). The van der Waals surface area contributed by atoms with Crippen LogP contribution in [0.2, 0.25) is 0 Å². The lowest BCUT2D eigenvalue weighted by molar-refractivity contribution is -0.136. The maximum absolute atomic E-state index is 11.7. The van der Waals surface area contributed by atoms with E-state index >= 15 is 0 Å². The first-order chi connectivity index (χ1) is 8.30. The fourth-order valence-electron chi connectivity index (χ4n) is 1.51. The summed E-state index contributed by atoms with van der Waals surface area (Å²) in [7, 11) is 0. The molecule has 0 aliphatic carbocycles. The van der Waals surface area contributed by atoms with E-state index in [2.05, 4.69) is 26.1 Å². The smallest absolute Gasteiger partial charge is 0.305 e. The van der Waals surface area contributed by atoms with Gasteiger partial charge < -0.3 is 10.4 Å². The van der Waals surface area contributed by atoms with Gasteiger partial charge in [0.1, 0.15) is 0 Å². The zero-order valence-electron chi connectivity index (χ0n) is 11.0. The van der Waals surface area contributed by atoms with Gasteiger partial charge in [-0.05, 0) is 23.1 Å². The second-order valence-corrected chi connectivity index (χ2v) is 5.23. The quantitative estimate of drug-likeness (QED) is 0.859. The summed E-state index contributed by atoms with van der Waals surface area (Å²) >= 11 is 0. The van der Waals surface area contributed by atoms with Gasteiger partial charge in [0.2, 0.25) is 0 Å². The highest BCUT2D eigenvalue weighted by Gasteiger charge is 2.14. The molecular formula is C14H19NO3. The van der Waals surface area contributed by atoms with Crippen molar-refractivity contribution < 1.29 is 14.7 Å². The summed E-state index contributed by atoms with van der Waals surface area (Å²) in [5.74, 6) is -1.16. The van der Waals surface area contributed by atoms with Crippen molar-refractivity contribution in [1.29, 1.82) is 0 Å². The zero-order chi connectivity index (χ0) is 13.8. The van der Waals surface area contributed by atoms with Crippen molar-refractivity contribution in [2.75, 3.05) is 6.54 Å². The van der Waals surface area contributed by atoms with Gasteiger partial charge in [-0.15, -0.1) is 0 Å². The van der Waals surface area contributed by atoms with Crippen molar-refractivity contribution in [3.05, 3.63) is 35.4 Å². The second kappa shape index (κ2) is 5.67. The number of carbonyl (C=O) groups excluding carboxylic acids is 1. The Kier molecular flexibility index (Phi) is 4.48. The molecule has 18 heavy (non-hydrogen) atoms. The molecule has 2 N–H and O–H groups in total. The number of carboxylic acids is 1. The molecule has 0 aliphatic rings. The van der Waals surface area contributed by atoms with Crippen LogP contribution >= 0.6 is 0 Å². The Hall–Kier alpha value is -1.84. The van der Waals surface area contributed by atoms with Gasteiger partial charge >= 0.3 is 5.97 Å². The van der Waals surface area contributed by atoms with E-state index in [1.807, 2.05) is 12.1 Å². The molecule has 0 atom stereocenters. The number of carbonyl (C=O) groups is 2. The number of amides is 1. The van der Waals surface area contributed by atoms with Crippen molar-refractivity contribution in [3.63, 3.8) is 0 Å². The third-order valence-corrected chi connectivity index (χ3v) is 2.64. The predicted octanol–water partition coefficient (Wildman–Crippen LogP) is 2.19. The summed E-state index contributed by atoms with van der Waals surface area (Å²) in [5, 5.41) is 11.0. The normalized spacial score (nSPS) is 11.1. The van der Waals surface area contributed by atoms with Gasteiger partial charge in [0, 0.05) is 12.1 Å². The molecule has 0 saturated carbocycles. The van der Waals surface area contributed by atoms with Gasteiger partial charge in [0.25, 0.3) is 5.91 Å². The summed E-state index contributed by atoms with van der Waals surface area (Å²) in [4.78, 5) is 22.0. The van der Waals surface area contributed by atoms with Gasteiger partial charge in [0.05, 0.1) is 6.42 Å². The van der Waals surface area contributed by atoms with Crippen LogP contribution in [-0.4, -0.2) is 23.5 Å². The first-order valence-electron chi connectivity index (χ1n) is 5.91. The van der Waals surface area contributed by atoms with Crippen molar-refractivity contribution in [3.8, 4) is 0 Å². The molecule has 0 aliphatic heterocycles. The maximum atomic E-state index is 11.7. The van der Waals surface area contributed by atoms with Crippen LogP contribution in [0.1, 0.15) is 43.1 Å². The van der Waals surface area contributed by atoms with E-state index in [0.29, 0.717) is 5.56 Å². The largest absolute Gasteiger partial charge is 0.481 e. The minimum Gasteiger partial charge on any atom is -0.481 e. The Morgan fingerprint density at radius 2 is 1.72 bits per heavy atom. The molecule has 1 aromatic carbocycles. The van der Waals surface area contributed by atoms with E-state index in [9.17, 15) is 9.59 Å². The van der Waals surface area contributed by atoms with Crippen molar-refractivity contribution in [1.82, 2.24) is 5.32 Å². The Morgan fingerprint density at radius 1 is 1.17 bits per heavy atom. The number of benzene rings is 1. The van der Waals surface area contributed by atoms with Crippen LogP contribution in [0.3, 0.4) is 0 Å². The average Bonchev–Trinajstić information content (AvgIpc) is 2.27. The summed E-state index contributed by atoms with van der Waals surface area (Å²) in [6.07, 6.45) is -0.0637. The summed E-state index contributed by atoms with van der Waals surface area (Å²) < 4.78 is 0. The van der Waals surface area contributed by atoms with Crippen molar-refractivity contribution >= 4 is 11.9 Å². The summed E-state index contributed by atoms with van der Waals surface area (Å²) in [6, 6.07) is 7.37. The molecule has 1 amide bonds. The van der Waals surface area contributed by atoms with Gasteiger partial charge in [-0.1, -0.05) is 32.9 Å². The number of hydrogen-bond acceptors (Lipinski definition) is 2. The third kappa shape index (κ3) is 4.20. The number of hydrogen-bond donors (Lipinski definition) is 2. The Labute approximate surface area is 107 Å².